The fourth-order valence-electron chi connectivity index (χ4n) is 1.63. The first-order valence-corrected chi connectivity index (χ1v) is 7.57. The van der Waals surface area contributed by atoms with Crippen LogP contribution in [0, 0.1) is 0 Å². The van der Waals surface area contributed by atoms with E-state index in [9.17, 15) is 0 Å². The molecule has 0 radical (unpaired) electrons. The van der Waals surface area contributed by atoms with E-state index in [1.54, 1.807) is 31.0 Å². The van der Waals surface area contributed by atoms with Crippen molar-refractivity contribution in [3.05, 3.63) is 23.2 Å². The molecule has 0 fully saturated rings. The number of rotatable bonds is 7. The first kappa shape index (κ1) is 15.2. The zero-order chi connectivity index (χ0) is 14.4. The summed E-state index contributed by atoms with van der Waals surface area (Å²) in [6.07, 6.45) is 0. The van der Waals surface area contributed by atoms with Crippen LogP contribution in [0.1, 0.15) is 6.92 Å². The fraction of sp³-hybridized carbons (Fsp3) is 0.385. The van der Waals surface area contributed by atoms with Gasteiger partial charge in [0.2, 0.25) is 5.16 Å². The number of nitrogens with zero attached hydrogens (tertiary/aromatic N) is 2. The van der Waals surface area contributed by atoms with E-state index in [0.29, 0.717) is 28.4 Å². The molecule has 0 bridgehead atoms. The van der Waals surface area contributed by atoms with Crippen LogP contribution < -0.4 is 4.74 Å². The lowest BCUT2D eigenvalue weighted by Gasteiger charge is -2.05. The Hall–Kier alpha value is -1.24. The van der Waals surface area contributed by atoms with Crippen molar-refractivity contribution in [3.8, 4) is 17.1 Å². The average molecular weight is 314 g/mol. The van der Waals surface area contributed by atoms with E-state index in [0.717, 1.165) is 17.9 Å². The maximum Gasteiger partial charge on any atom is 0.208 e. The van der Waals surface area contributed by atoms with Gasteiger partial charge in [0, 0.05) is 17.4 Å². The van der Waals surface area contributed by atoms with Gasteiger partial charge in [0.1, 0.15) is 5.75 Å². The Morgan fingerprint density at radius 3 is 3.00 bits per heavy atom. The molecule has 1 aromatic heterocycles. The van der Waals surface area contributed by atoms with Crippen LogP contribution in [0.3, 0.4) is 0 Å². The third-order valence-corrected chi connectivity index (χ3v) is 3.59. The number of hydrogen-bond acceptors (Lipinski definition) is 5. The molecule has 20 heavy (non-hydrogen) atoms. The summed E-state index contributed by atoms with van der Waals surface area (Å²) in [6.45, 7) is 3.38. The molecule has 2 aromatic rings. The van der Waals surface area contributed by atoms with Crippen molar-refractivity contribution in [1.29, 1.82) is 0 Å². The highest BCUT2D eigenvalue weighted by Crippen LogP contribution is 2.31. The standard InChI is InChI=1S/C13H16ClN3O2S/c1-3-19-6-7-20-13-15-12(16-17-13)10-8-9(14)4-5-11(10)18-2/h4-5,8H,3,6-7H2,1-2H3,(H,15,16,17). The molecule has 1 aromatic carbocycles. The predicted octanol–water partition coefficient (Wildman–Crippen LogP) is 3.26. The fourth-order valence-corrected chi connectivity index (χ4v) is 2.45. The monoisotopic (exact) mass is 313 g/mol. The normalized spacial score (nSPS) is 10.8. The average Bonchev–Trinajstić information content (AvgIpc) is 2.92. The Bertz CT molecular complexity index is 562. The molecule has 0 aliphatic heterocycles. The molecule has 7 heteroatoms. The van der Waals surface area contributed by atoms with Crippen LogP contribution in [-0.4, -0.2) is 41.3 Å². The summed E-state index contributed by atoms with van der Waals surface area (Å²) >= 11 is 7.55. The molecule has 108 valence electrons. The summed E-state index contributed by atoms with van der Waals surface area (Å²) in [5.74, 6) is 2.16. The third kappa shape index (κ3) is 3.88. The predicted molar refractivity (Wildman–Crippen MR) is 80.6 cm³/mol. The number of methoxy groups -OCH3 is 1. The van der Waals surface area contributed by atoms with Crippen LogP contribution in [-0.2, 0) is 4.74 Å². The first-order valence-electron chi connectivity index (χ1n) is 6.21. The molecule has 0 saturated carbocycles. The van der Waals surface area contributed by atoms with Crippen LogP contribution >= 0.6 is 23.4 Å². The molecule has 1 N–H and O–H groups in total. The van der Waals surface area contributed by atoms with E-state index in [1.807, 2.05) is 13.0 Å². The van der Waals surface area contributed by atoms with Crippen LogP contribution in [0.25, 0.3) is 11.4 Å². The van der Waals surface area contributed by atoms with Gasteiger partial charge >= 0.3 is 0 Å². The highest BCUT2D eigenvalue weighted by Gasteiger charge is 2.11. The smallest absolute Gasteiger partial charge is 0.208 e. The number of ether oxygens (including phenoxy) is 2. The first-order chi connectivity index (χ1) is 9.74. The lowest BCUT2D eigenvalue weighted by Crippen LogP contribution is -1.96. The molecule has 0 unspecified atom stereocenters. The van der Waals surface area contributed by atoms with Crippen molar-refractivity contribution < 1.29 is 9.47 Å². The largest absolute Gasteiger partial charge is 0.496 e. The quantitative estimate of drug-likeness (QED) is 0.628. The topological polar surface area (TPSA) is 60.0 Å². The summed E-state index contributed by atoms with van der Waals surface area (Å²) in [5, 5.41) is 8.38. The van der Waals surface area contributed by atoms with E-state index >= 15 is 0 Å². The summed E-state index contributed by atoms with van der Waals surface area (Å²) in [6, 6.07) is 5.38. The summed E-state index contributed by atoms with van der Waals surface area (Å²) < 4.78 is 10.6. The number of halogens is 1. The maximum atomic E-state index is 6.01. The highest BCUT2D eigenvalue weighted by molar-refractivity contribution is 7.99. The number of benzene rings is 1. The van der Waals surface area contributed by atoms with Gasteiger partial charge in [-0.05, 0) is 25.1 Å². The zero-order valence-corrected chi connectivity index (χ0v) is 12.9. The van der Waals surface area contributed by atoms with Crippen molar-refractivity contribution in [2.45, 2.75) is 12.1 Å². The Morgan fingerprint density at radius 2 is 2.25 bits per heavy atom. The van der Waals surface area contributed by atoms with E-state index < -0.39 is 0 Å². The number of H-pyrrole nitrogens is 1. The summed E-state index contributed by atoms with van der Waals surface area (Å²) in [5.41, 5.74) is 0.796. The van der Waals surface area contributed by atoms with Crippen LogP contribution in [0.5, 0.6) is 5.75 Å². The van der Waals surface area contributed by atoms with Gasteiger partial charge in [-0.2, -0.15) is 0 Å². The third-order valence-electron chi connectivity index (χ3n) is 2.54. The second kappa shape index (κ2) is 7.52. The van der Waals surface area contributed by atoms with Gasteiger partial charge in [0.25, 0.3) is 0 Å². The van der Waals surface area contributed by atoms with Gasteiger partial charge in [0.15, 0.2) is 5.82 Å². The number of aromatic amines is 1. The van der Waals surface area contributed by atoms with Gasteiger partial charge < -0.3 is 9.47 Å². The molecule has 0 spiro atoms. The van der Waals surface area contributed by atoms with E-state index in [4.69, 9.17) is 21.1 Å². The molecule has 0 aliphatic carbocycles. The minimum absolute atomic E-state index is 0.628. The summed E-state index contributed by atoms with van der Waals surface area (Å²) in [4.78, 5) is 4.43. The van der Waals surface area contributed by atoms with Gasteiger partial charge in [0.05, 0.1) is 19.3 Å². The van der Waals surface area contributed by atoms with Crippen molar-refractivity contribution in [2.24, 2.45) is 0 Å². The van der Waals surface area contributed by atoms with E-state index in [-0.39, 0.29) is 0 Å². The Kier molecular flexibility index (Phi) is 5.70. The molecule has 5 nitrogen and oxygen atoms in total. The molecule has 1 heterocycles. The minimum atomic E-state index is 0.628. The van der Waals surface area contributed by atoms with Crippen molar-refractivity contribution in [2.75, 3.05) is 26.1 Å². The SMILES string of the molecule is CCOCCSc1n[nH]c(-c2cc(Cl)ccc2OC)n1. The maximum absolute atomic E-state index is 6.01. The minimum Gasteiger partial charge on any atom is -0.496 e. The molecule has 0 atom stereocenters. The number of thioether (sulfide) groups is 1. The van der Waals surface area contributed by atoms with Crippen molar-refractivity contribution >= 4 is 23.4 Å². The van der Waals surface area contributed by atoms with Crippen LogP contribution in [0.15, 0.2) is 23.4 Å². The number of hydrogen-bond donors (Lipinski definition) is 1. The van der Waals surface area contributed by atoms with E-state index in [1.165, 1.54) is 0 Å². The van der Waals surface area contributed by atoms with Gasteiger partial charge in [-0.25, -0.2) is 4.98 Å². The molecule has 0 amide bonds. The Balaban J connectivity index is 2.10. The Labute approximate surface area is 127 Å². The van der Waals surface area contributed by atoms with Gasteiger partial charge in [-0.1, -0.05) is 23.4 Å². The molecular weight excluding hydrogens is 298 g/mol. The van der Waals surface area contributed by atoms with E-state index in [2.05, 4.69) is 15.2 Å². The van der Waals surface area contributed by atoms with Gasteiger partial charge in [-0.3, -0.25) is 5.10 Å². The highest BCUT2D eigenvalue weighted by atomic mass is 35.5. The van der Waals surface area contributed by atoms with Crippen LogP contribution in [0.4, 0.5) is 0 Å². The van der Waals surface area contributed by atoms with Crippen molar-refractivity contribution in [1.82, 2.24) is 15.2 Å². The number of nitrogens with one attached hydrogen (secondary N) is 1. The second-order valence-electron chi connectivity index (χ2n) is 3.86. The van der Waals surface area contributed by atoms with Crippen LogP contribution in [0.2, 0.25) is 5.02 Å². The zero-order valence-electron chi connectivity index (χ0n) is 11.4. The Morgan fingerprint density at radius 1 is 1.40 bits per heavy atom. The lowest BCUT2D eigenvalue weighted by molar-refractivity contribution is 0.164. The second-order valence-corrected chi connectivity index (χ2v) is 5.36. The van der Waals surface area contributed by atoms with Crippen molar-refractivity contribution in [3.63, 3.8) is 0 Å². The number of aromatic nitrogens is 3. The molecular formula is C13H16ClN3O2S. The lowest BCUT2D eigenvalue weighted by atomic mass is 10.2. The molecule has 2 rings (SSSR count). The van der Waals surface area contributed by atoms with Gasteiger partial charge in [-0.15, -0.1) is 5.10 Å². The molecule has 0 saturated heterocycles. The molecule has 0 aliphatic rings. The summed E-state index contributed by atoms with van der Waals surface area (Å²) in [7, 11) is 1.61.